The van der Waals surface area contributed by atoms with E-state index in [1.807, 2.05) is 54.6 Å². The molecule has 2 heterocycles. The average Bonchev–Trinajstić information content (AvgIpc) is 3.10. The first kappa shape index (κ1) is 20.5. The molecule has 2 aliphatic rings. The lowest BCUT2D eigenvalue weighted by molar-refractivity contribution is -0.0307. The number of carbonyl (C=O) groups is 1. The number of alkyl carbamates (subject to hydrolysis) is 1. The number of rotatable bonds is 7. The molecule has 2 atom stereocenters. The van der Waals surface area contributed by atoms with Gasteiger partial charge in [0.1, 0.15) is 18.3 Å². The highest BCUT2D eigenvalue weighted by Gasteiger charge is 2.51. The smallest absolute Gasteiger partial charge is 0.408 e. The van der Waals surface area contributed by atoms with Crippen molar-refractivity contribution in [2.75, 3.05) is 33.4 Å². The van der Waals surface area contributed by atoms with Crippen molar-refractivity contribution < 1.29 is 24.1 Å². The Labute approximate surface area is 176 Å². The maximum absolute atomic E-state index is 12.0. The summed E-state index contributed by atoms with van der Waals surface area (Å²) in [6.45, 7) is 2.17. The topological polar surface area (TPSA) is 80.3 Å². The molecule has 0 aromatic heterocycles. The number of amides is 1. The maximum atomic E-state index is 12.0. The van der Waals surface area contributed by atoms with E-state index in [2.05, 4.69) is 10.2 Å². The van der Waals surface area contributed by atoms with Gasteiger partial charge in [-0.05, 0) is 17.7 Å². The SMILES string of the molecule is COc1ccccc1OCC(O)CN1CCC2(CC1)OC(=O)NC2c1ccccc1. The number of hydrogen-bond acceptors (Lipinski definition) is 6. The molecule has 2 aliphatic heterocycles. The van der Waals surface area contributed by atoms with E-state index in [4.69, 9.17) is 14.2 Å². The van der Waals surface area contributed by atoms with E-state index in [1.165, 1.54) is 0 Å². The van der Waals surface area contributed by atoms with Crippen molar-refractivity contribution in [3.8, 4) is 11.5 Å². The second-order valence-electron chi connectivity index (χ2n) is 7.86. The van der Waals surface area contributed by atoms with Crippen molar-refractivity contribution in [2.24, 2.45) is 0 Å². The second kappa shape index (κ2) is 8.93. The number of ether oxygens (including phenoxy) is 3. The minimum Gasteiger partial charge on any atom is -0.493 e. The summed E-state index contributed by atoms with van der Waals surface area (Å²) in [5, 5.41) is 13.4. The number of β-amino-alcohol motifs (C(OH)–C–C–N with tert-alkyl or cyclic N) is 1. The average molecular weight is 412 g/mol. The fraction of sp³-hybridized carbons (Fsp3) is 0.435. The first-order chi connectivity index (χ1) is 14.6. The number of aliphatic hydroxyl groups excluding tert-OH is 1. The lowest BCUT2D eigenvalue weighted by atomic mass is 9.81. The summed E-state index contributed by atoms with van der Waals surface area (Å²) in [7, 11) is 1.59. The van der Waals surface area contributed by atoms with Gasteiger partial charge in [-0.15, -0.1) is 0 Å². The molecule has 160 valence electrons. The molecule has 7 heteroatoms. The normalized spacial score (nSPS) is 21.7. The molecule has 2 aromatic carbocycles. The summed E-state index contributed by atoms with van der Waals surface area (Å²) >= 11 is 0. The molecule has 2 aromatic rings. The summed E-state index contributed by atoms with van der Waals surface area (Å²) in [4.78, 5) is 14.2. The number of nitrogens with zero attached hydrogens (tertiary/aromatic N) is 1. The number of carbonyl (C=O) groups excluding carboxylic acids is 1. The number of aliphatic hydroxyl groups is 1. The van der Waals surface area contributed by atoms with Crippen LogP contribution in [-0.2, 0) is 4.74 Å². The third kappa shape index (κ3) is 4.37. The molecule has 0 saturated carbocycles. The van der Waals surface area contributed by atoms with Gasteiger partial charge in [-0.25, -0.2) is 4.79 Å². The maximum Gasteiger partial charge on any atom is 0.408 e. The van der Waals surface area contributed by atoms with Crippen molar-refractivity contribution in [3.05, 3.63) is 60.2 Å². The van der Waals surface area contributed by atoms with Crippen molar-refractivity contribution in [3.63, 3.8) is 0 Å². The number of piperidine rings is 1. The summed E-state index contributed by atoms with van der Waals surface area (Å²) in [6, 6.07) is 17.2. The van der Waals surface area contributed by atoms with E-state index >= 15 is 0 Å². The van der Waals surface area contributed by atoms with Gasteiger partial charge < -0.3 is 29.5 Å². The van der Waals surface area contributed by atoms with Crippen LogP contribution in [0.3, 0.4) is 0 Å². The molecule has 2 unspecified atom stereocenters. The fourth-order valence-corrected chi connectivity index (χ4v) is 4.33. The van der Waals surface area contributed by atoms with Crippen LogP contribution in [0.25, 0.3) is 0 Å². The Balaban J connectivity index is 1.31. The number of para-hydroxylation sites is 2. The van der Waals surface area contributed by atoms with Crippen LogP contribution >= 0.6 is 0 Å². The van der Waals surface area contributed by atoms with E-state index < -0.39 is 11.7 Å². The Morgan fingerprint density at radius 3 is 2.50 bits per heavy atom. The first-order valence-corrected chi connectivity index (χ1v) is 10.3. The monoisotopic (exact) mass is 412 g/mol. The number of likely N-dealkylation sites (tertiary alicyclic amines) is 1. The zero-order valence-electron chi connectivity index (χ0n) is 17.1. The van der Waals surface area contributed by atoms with Crippen LogP contribution in [0.4, 0.5) is 4.79 Å². The lowest BCUT2D eigenvalue weighted by Crippen LogP contribution is -2.50. The van der Waals surface area contributed by atoms with Crippen LogP contribution in [0.1, 0.15) is 24.4 Å². The molecule has 1 amide bonds. The predicted molar refractivity (Wildman–Crippen MR) is 112 cm³/mol. The van der Waals surface area contributed by atoms with Gasteiger partial charge in [0, 0.05) is 32.5 Å². The predicted octanol–water partition coefficient (Wildman–Crippen LogP) is 2.75. The lowest BCUT2D eigenvalue weighted by Gasteiger charge is -2.41. The van der Waals surface area contributed by atoms with Crippen LogP contribution < -0.4 is 14.8 Å². The van der Waals surface area contributed by atoms with Crippen molar-refractivity contribution in [1.29, 1.82) is 0 Å². The van der Waals surface area contributed by atoms with Gasteiger partial charge in [0.2, 0.25) is 0 Å². The molecule has 0 bridgehead atoms. The Bertz CT molecular complexity index is 852. The van der Waals surface area contributed by atoms with Gasteiger partial charge in [-0.2, -0.15) is 0 Å². The number of benzene rings is 2. The molecule has 2 saturated heterocycles. The van der Waals surface area contributed by atoms with Crippen LogP contribution in [0.2, 0.25) is 0 Å². The van der Waals surface area contributed by atoms with Gasteiger partial charge in [0.05, 0.1) is 13.2 Å². The van der Waals surface area contributed by atoms with Gasteiger partial charge in [-0.3, -0.25) is 0 Å². The van der Waals surface area contributed by atoms with Gasteiger partial charge in [0.25, 0.3) is 0 Å². The molecule has 2 N–H and O–H groups in total. The first-order valence-electron chi connectivity index (χ1n) is 10.3. The van der Waals surface area contributed by atoms with Crippen LogP contribution in [0.15, 0.2) is 54.6 Å². The summed E-state index contributed by atoms with van der Waals surface area (Å²) < 4.78 is 16.8. The van der Waals surface area contributed by atoms with Crippen molar-refractivity contribution in [1.82, 2.24) is 10.2 Å². The minimum absolute atomic E-state index is 0.146. The summed E-state index contributed by atoms with van der Waals surface area (Å²) in [5.41, 5.74) is 0.524. The van der Waals surface area contributed by atoms with Crippen LogP contribution in [0.5, 0.6) is 11.5 Å². The summed E-state index contributed by atoms with van der Waals surface area (Å²) in [6.07, 6.45) is 0.442. The third-order valence-corrected chi connectivity index (χ3v) is 5.89. The zero-order chi connectivity index (χ0) is 21.0. The second-order valence-corrected chi connectivity index (χ2v) is 7.86. The van der Waals surface area contributed by atoms with E-state index in [-0.39, 0.29) is 18.7 Å². The number of nitrogens with one attached hydrogen (secondary N) is 1. The third-order valence-electron chi connectivity index (χ3n) is 5.89. The summed E-state index contributed by atoms with van der Waals surface area (Å²) in [5.74, 6) is 1.26. The molecule has 1 spiro atoms. The Morgan fingerprint density at radius 1 is 1.13 bits per heavy atom. The molecule has 4 rings (SSSR count). The highest BCUT2D eigenvalue weighted by Crippen LogP contribution is 2.42. The van der Waals surface area contributed by atoms with E-state index in [1.54, 1.807) is 7.11 Å². The Hall–Kier alpha value is -2.77. The Kier molecular flexibility index (Phi) is 6.11. The fourth-order valence-electron chi connectivity index (χ4n) is 4.33. The standard InChI is InChI=1S/C23H28N2O5/c1-28-19-9-5-6-10-20(19)29-16-18(26)15-25-13-11-23(12-14-25)21(24-22(27)30-23)17-7-3-2-4-8-17/h2-10,18,21,26H,11-16H2,1H3,(H,24,27). The number of methoxy groups -OCH3 is 1. The number of hydrogen-bond donors (Lipinski definition) is 2. The van der Waals surface area contributed by atoms with Gasteiger partial charge in [-0.1, -0.05) is 42.5 Å². The molecule has 2 fully saturated rings. The molecule has 0 radical (unpaired) electrons. The van der Waals surface area contributed by atoms with Crippen LogP contribution in [-0.4, -0.2) is 61.2 Å². The van der Waals surface area contributed by atoms with E-state index in [0.29, 0.717) is 30.9 Å². The van der Waals surface area contributed by atoms with Gasteiger partial charge >= 0.3 is 6.09 Å². The largest absolute Gasteiger partial charge is 0.493 e. The highest BCUT2D eigenvalue weighted by molar-refractivity contribution is 5.71. The van der Waals surface area contributed by atoms with Crippen LogP contribution in [0, 0.1) is 0 Å². The molecular weight excluding hydrogens is 384 g/mol. The van der Waals surface area contributed by atoms with E-state index in [9.17, 15) is 9.90 Å². The van der Waals surface area contributed by atoms with E-state index in [0.717, 1.165) is 18.7 Å². The molecule has 30 heavy (non-hydrogen) atoms. The van der Waals surface area contributed by atoms with Crippen molar-refractivity contribution in [2.45, 2.75) is 30.6 Å². The quantitative estimate of drug-likeness (QED) is 0.728. The van der Waals surface area contributed by atoms with Gasteiger partial charge in [0.15, 0.2) is 11.5 Å². The van der Waals surface area contributed by atoms with Crippen molar-refractivity contribution >= 4 is 6.09 Å². The molecule has 0 aliphatic carbocycles. The Morgan fingerprint density at radius 2 is 1.80 bits per heavy atom. The highest BCUT2D eigenvalue weighted by atomic mass is 16.6. The molecule has 7 nitrogen and oxygen atoms in total. The zero-order valence-corrected chi connectivity index (χ0v) is 17.1. The molecular formula is C23H28N2O5. The minimum atomic E-state index is -0.627.